The third-order valence-electron chi connectivity index (χ3n) is 4.74. The van der Waals surface area contributed by atoms with Gasteiger partial charge >= 0.3 is 35.5 Å². The Bertz CT molecular complexity index is 730. The standard InChI is InChI=1S/C23H29NO4.BH4.Na/c1-28-23(27)14-7-2-3-8-17-24-20(12-9-13-22(24)26)15-16-21(25)18-19-10-5-4-6-11-19;;/h4-6,10-11,15-16,20-21,25H,2,7,9,12-14,17-18H2,1H3;1H4;/q;-1;+1/b16-15+;;/t20?,21-;;/m0../s1. The van der Waals surface area contributed by atoms with Gasteiger partial charge in [-0.1, -0.05) is 56.8 Å². The van der Waals surface area contributed by atoms with E-state index in [4.69, 9.17) is 0 Å². The van der Waals surface area contributed by atoms with Gasteiger partial charge in [-0.25, -0.2) is 0 Å². The summed E-state index contributed by atoms with van der Waals surface area (Å²) in [6.45, 7) is 0.376. The van der Waals surface area contributed by atoms with Crippen LogP contribution in [0.3, 0.4) is 0 Å². The molecule has 0 aromatic heterocycles. The van der Waals surface area contributed by atoms with Crippen LogP contribution in [0.25, 0.3) is 0 Å². The zero-order valence-electron chi connectivity index (χ0n) is 17.5. The summed E-state index contributed by atoms with van der Waals surface area (Å²) in [6.07, 6.45) is 7.59. The maximum Gasteiger partial charge on any atom is 1.00 e. The van der Waals surface area contributed by atoms with E-state index in [0.29, 0.717) is 38.6 Å². The largest absolute Gasteiger partial charge is 1.00 e. The summed E-state index contributed by atoms with van der Waals surface area (Å²) in [6, 6.07) is 9.81. The molecule has 1 amide bonds. The predicted molar refractivity (Wildman–Crippen MR) is 120 cm³/mol. The van der Waals surface area contributed by atoms with Gasteiger partial charge in [-0.05, 0) is 24.8 Å². The number of methoxy groups -OCH3 is 1. The van der Waals surface area contributed by atoms with Crippen molar-refractivity contribution in [2.75, 3.05) is 13.7 Å². The van der Waals surface area contributed by atoms with Gasteiger partial charge in [-0.2, -0.15) is 0 Å². The first-order chi connectivity index (χ1) is 13.6. The number of hydrogen-bond donors (Lipinski definition) is 1. The smallest absolute Gasteiger partial charge is 0.469 e. The fourth-order valence-corrected chi connectivity index (χ4v) is 3.19. The number of rotatable bonds is 8. The molecule has 1 aliphatic rings. The molecule has 0 spiro atoms. The van der Waals surface area contributed by atoms with Crippen LogP contribution in [-0.4, -0.2) is 56.1 Å². The van der Waals surface area contributed by atoms with Gasteiger partial charge in [0.05, 0.1) is 25.8 Å². The van der Waals surface area contributed by atoms with Crippen molar-refractivity contribution in [3.05, 3.63) is 48.0 Å². The molecule has 7 heteroatoms. The number of hydrogen-bond acceptors (Lipinski definition) is 4. The first kappa shape index (κ1) is 28.5. The molecule has 2 atom stereocenters. The fourth-order valence-electron chi connectivity index (χ4n) is 3.19. The molecule has 1 unspecified atom stereocenters. The Labute approximate surface area is 204 Å². The van der Waals surface area contributed by atoms with Crippen LogP contribution in [0.5, 0.6) is 0 Å². The molecular weight excluding hydrogens is 388 g/mol. The number of carbonyl (C=O) groups is 2. The van der Waals surface area contributed by atoms with Gasteiger partial charge in [0.25, 0.3) is 0 Å². The molecule has 158 valence electrons. The van der Waals surface area contributed by atoms with Crippen LogP contribution < -0.4 is 29.6 Å². The van der Waals surface area contributed by atoms with E-state index < -0.39 is 6.10 Å². The predicted octanol–water partition coefficient (Wildman–Crippen LogP) is -1.57. The van der Waals surface area contributed by atoms with Crippen molar-refractivity contribution in [1.29, 1.82) is 0 Å². The van der Waals surface area contributed by atoms with E-state index in [0.717, 1.165) is 18.4 Å². The number of amides is 1. The summed E-state index contributed by atoms with van der Waals surface area (Å²) in [5.41, 5.74) is 1.08. The molecule has 5 nitrogen and oxygen atoms in total. The second-order valence-electron chi connectivity index (χ2n) is 6.91. The Kier molecular flexibility index (Phi) is 15.4. The molecule has 1 saturated heterocycles. The molecule has 1 heterocycles. The Hall–Kier alpha value is -1.52. The SMILES string of the molecule is COC(=O)CCCC#CCN1C(=O)CCCC1/C=C/[C@H](O)Cc1ccccc1.[BH4-].[Na+]. The van der Waals surface area contributed by atoms with Crippen molar-refractivity contribution < 1.29 is 49.0 Å². The molecule has 0 aliphatic carbocycles. The van der Waals surface area contributed by atoms with Crippen LogP contribution in [0.4, 0.5) is 0 Å². The van der Waals surface area contributed by atoms with E-state index in [1.165, 1.54) is 7.11 Å². The topological polar surface area (TPSA) is 66.8 Å². The van der Waals surface area contributed by atoms with Crippen LogP contribution >= 0.6 is 0 Å². The molecule has 0 radical (unpaired) electrons. The normalized spacial score (nSPS) is 16.7. The molecule has 1 aromatic rings. The molecular formula is C23H33BNNaO4. The minimum Gasteiger partial charge on any atom is -0.469 e. The van der Waals surface area contributed by atoms with Gasteiger partial charge < -0.3 is 14.7 Å². The Morgan fingerprint density at radius 3 is 2.77 bits per heavy atom. The minimum atomic E-state index is -0.578. The van der Waals surface area contributed by atoms with Crippen molar-refractivity contribution in [2.24, 2.45) is 0 Å². The average molecular weight is 421 g/mol. The van der Waals surface area contributed by atoms with Gasteiger partial charge in [0.15, 0.2) is 0 Å². The molecule has 1 N–H and O–H groups in total. The monoisotopic (exact) mass is 421 g/mol. The maximum atomic E-state index is 12.3. The number of piperidine rings is 1. The Morgan fingerprint density at radius 1 is 1.33 bits per heavy atom. The second-order valence-corrected chi connectivity index (χ2v) is 6.91. The van der Waals surface area contributed by atoms with Crippen molar-refractivity contribution >= 4 is 20.3 Å². The van der Waals surface area contributed by atoms with Gasteiger partial charge in [0.1, 0.15) is 0 Å². The Morgan fingerprint density at radius 2 is 2.07 bits per heavy atom. The number of unbranched alkanes of at least 4 members (excludes halogenated alkanes) is 1. The van der Waals surface area contributed by atoms with Crippen LogP contribution in [0.2, 0.25) is 0 Å². The number of carbonyl (C=O) groups excluding carboxylic acids is 2. The number of ether oxygens (including phenoxy) is 1. The third kappa shape index (κ3) is 10.5. The fraction of sp³-hybridized carbons (Fsp3) is 0.478. The number of aliphatic hydroxyl groups is 1. The number of benzene rings is 1. The van der Waals surface area contributed by atoms with E-state index in [-0.39, 0.29) is 55.9 Å². The first-order valence-electron chi connectivity index (χ1n) is 9.82. The molecule has 2 rings (SSSR count). The quantitative estimate of drug-likeness (QED) is 0.181. The molecule has 1 fully saturated rings. The van der Waals surface area contributed by atoms with Gasteiger partial charge in [0, 0.05) is 25.7 Å². The maximum absolute atomic E-state index is 12.3. The van der Waals surface area contributed by atoms with E-state index >= 15 is 0 Å². The number of likely N-dealkylation sites (tertiary alicyclic amines) is 1. The number of aliphatic hydroxyl groups excluding tert-OH is 1. The van der Waals surface area contributed by atoms with Crippen LogP contribution in [0, 0.1) is 11.8 Å². The van der Waals surface area contributed by atoms with E-state index in [1.54, 1.807) is 11.0 Å². The first-order valence-corrected chi connectivity index (χ1v) is 9.82. The molecule has 30 heavy (non-hydrogen) atoms. The summed E-state index contributed by atoms with van der Waals surface area (Å²) >= 11 is 0. The zero-order valence-corrected chi connectivity index (χ0v) is 19.5. The molecule has 1 aromatic carbocycles. The minimum absolute atomic E-state index is 0. The van der Waals surface area contributed by atoms with Crippen molar-refractivity contribution in [3.63, 3.8) is 0 Å². The Balaban J connectivity index is 0.00000420. The van der Waals surface area contributed by atoms with Gasteiger partial charge in [0.2, 0.25) is 5.91 Å². The van der Waals surface area contributed by atoms with E-state index in [2.05, 4.69) is 16.6 Å². The van der Waals surface area contributed by atoms with Crippen LogP contribution in [0.1, 0.15) is 44.1 Å². The zero-order chi connectivity index (χ0) is 20.2. The van der Waals surface area contributed by atoms with Crippen molar-refractivity contribution in [1.82, 2.24) is 4.90 Å². The van der Waals surface area contributed by atoms with Gasteiger partial charge in [-0.15, -0.1) is 5.92 Å². The summed E-state index contributed by atoms with van der Waals surface area (Å²) in [4.78, 5) is 25.1. The number of nitrogens with zero attached hydrogens (tertiary/aromatic N) is 1. The molecule has 0 bridgehead atoms. The average Bonchev–Trinajstić information content (AvgIpc) is 2.70. The molecule has 0 saturated carbocycles. The second kappa shape index (κ2) is 16.2. The molecule has 1 aliphatic heterocycles. The third-order valence-corrected chi connectivity index (χ3v) is 4.74. The van der Waals surface area contributed by atoms with E-state index in [1.807, 2.05) is 36.4 Å². The van der Waals surface area contributed by atoms with Crippen LogP contribution in [-0.2, 0) is 20.7 Å². The van der Waals surface area contributed by atoms with E-state index in [9.17, 15) is 14.7 Å². The van der Waals surface area contributed by atoms with Crippen molar-refractivity contribution in [3.8, 4) is 11.8 Å². The van der Waals surface area contributed by atoms with Crippen LogP contribution in [0.15, 0.2) is 42.5 Å². The number of esters is 1. The summed E-state index contributed by atoms with van der Waals surface area (Å²) in [7, 11) is 1.38. The van der Waals surface area contributed by atoms with Crippen molar-refractivity contribution in [2.45, 2.75) is 57.1 Å². The summed E-state index contributed by atoms with van der Waals surface area (Å²) in [5.74, 6) is 5.94. The van der Waals surface area contributed by atoms with Gasteiger partial charge in [-0.3, -0.25) is 9.59 Å². The summed E-state index contributed by atoms with van der Waals surface area (Å²) < 4.78 is 4.60. The summed E-state index contributed by atoms with van der Waals surface area (Å²) in [5, 5.41) is 10.3.